The van der Waals surface area contributed by atoms with Crippen LogP contribution in [0, 0.1) is 0 Å². The molecule has 2 atom stereocenters. The molecule has 2 N–H and O–H groups in total. The van der Waals surface area contributed by atoms with Crippen molar-refractivity contribution in [3.63, 3.8) is 0 Å². The van der Waals surface area contributed by atoms with Crippen LogP contribution in [0.5, 0.6) is 5.75 Å². The van der Waals surface area contributed by atoms with Gasteiger partial charge in [-0.25, -0.2) is 8.42 Å². The third-order valence-corrected chi connectivity index (χ3v) is 8.65. The lowest BCUT2D eigenvalue weighted by atomic mass is 10.0. The molecule has 1 aliphatic rings. The van der Waals surface area contributed by atoms with Crippen LogP contribution < -0.4 is 25.2 Å². The monoisotopic (exact) mass is 694 g/mol. The highest BCUT2D eigenvalue weighted by atomic mass is 79.9. The molecule has 3 amide bonds. The molecule has 0 fully saturated rings. The van der Waals surface area contributed by atoms with E-state index < -0.39 is 39.5 Å². The molecule has 4 rings (SSSR count). The van der Waals surface area contributed by atoms with E-state index in [1.807, 2.05) is 44.2 Å². The molecule has 1 aliphatic heterocycles. The van der Waals surface area contributed by atoms with Crippen LogP contribution in [0.3, 0.4) is 0 Å². The van der Waals surface area contributed by atoms with E-state index in [4.69, 9.17) is 4.74 Å². The molecule has 0 aliphatic carbocycles. The van der Waals surface area contributed by atoms with Gasteiger partial charge in [-0.3, -0.25) is 14.4 Å². The summed E-state index contributed by atoms with van der Waals surface area (Å²) < 4.78 is 30.8. The van der Waals surface area contributed by atoms with Crippen molar-refractivity contribution in [1.82, 2.24) is 10.6 Å². The third kappa shape index (κ3) is 7.67. The number of anilines is 2. The Morgan fingerprint density at radius 1 is 1.05 bits per heavy atom. The van der Waals surface area contributed by atoms with Gasteiger partial charge in [-0.15, -0.1) is 12.4 Å². The van der Waals surface area contributed by atoms with Gasteiger partial charge in [0.25, 0.3) is 5.91 Å². The van der Waals surface area contributed by atoms with Crippen molar-refractivity contribution in [3.8, 4) is 5.75 Å². The maximum atomic E-state index is 14.4. The first-order valence-electron chi connectivity index (χ1n) is 13.6. The molecule has 0 radical (unpaired) electrons. The molecular formula is C30H36BrClN4O6S. The normalized spacial score (nSPS) is 15.7. The topological polar surface area (TPSA) is 125 Å². The Bertz CT molecular complexity index is 1620. The molecule has 3 aromatic rings. The first kappa shape index (κ1) is 34.3. The number of ether oxygens (including phenoxy) is 1. The van der Waals surface area contributed by atoms with Gasteiger partial charge < -0.3 is 25.2 Å². The van der Waals surface area contributed by atoms with E-state index in [0.717, 1.165) is 27.1 Å². The number of nitrogens with zero attached hydrogens (tertiary/aromatic N) is 2. The van der Waals surface area contributed by atoms with Gasteiger partial charge in [0.05, 0.1) is 37.6 Å². The van der Waals surface area contributed by atoms with Crippen molar-refractivity contribution < 1.29 is 27.5 Å². The first-order chi connectivity index (χ1) is 20.0. The number of hydrogen-bond acceptors (Lipinski definition) is 7. The predicted molar refractivity (Wildman–Crippen MR) is 175 cm³/mol. The second kappa shape index (κ2) is 14.5. The zero-order valence-electron chi connectivity index (χ0n) is 24.4. The van der Waals surface area contributed by atoms with Gasteiger partial charge in [-0.05, 0) is 54.1 Å². The molecule has 0 aromatic heterocycles. The highest BCUT2D eigenvalue weighted by Gasteiger charge is 2.38. The van der Waals surface area contributed by atoms with Crippen molar-refractivity contribution in [2.24, 2.45) is 0 Å². The summed E-state index contributed by atoms with van der Waals surface area (Å²) in [6.07, 6.45) is 1.47. The second-order valence-electron chi connectivity index (χ2n) is 10.1. The highest BCUT2D eigenvalue weighted by molar-refractivity contribution is 9.10. The van der Waals surface area contributed by atoms with Crippen molar-refractivity contribution in [3.05, 3.63) is 64.6 Å². The molecule has 13 heteroatoms. The number of rotatable bonds is 10. The van der Waals surface area contributed by atoms with Crippen molar-refractivity contribution in [1.29, 1.82) is 0 Å². The molecule has 232 valence electrons. The van der Waals surface area contributed by atoms with E-state index >= 15 is 0 Å². The molecule has 0 saturated carbocycles. The van der Waals surface area contributed by atoms with Crippen molar-refractivity contribution >= 4 is 78.0 Å². The Kier molecular flexibility index (Phi) is 11.6. The molecule has 0 saturated heterocycles. The van der Waals surface area contributed by atoms with Gasteiger partial charge in [0.2, 0.25) is 11.8 Å². The largest absolute Gasteiger partial charge is 0.496 e. The maximum absolute atomic E-state index is 14.4. The number of carbonyl (C=O) groups is 3. The molecular weight excluding hydrogens is 660 g/mol. The quantitative estimate of drug-likeness (QED) is 0.331. The smallest absolute Gasteiger partial charge is 0.251 e. The minimum Gasteiger partial charge on any atom is -0.496 e. The Morgan fingerprint density at radius 3 is 2.37 bits per heavy atom. The zero-order valence-corrected chi connectivity index (χ0v) is 27.6. The second-order valence-corrected chi connectivity index (χ2v) is 13.1. The fourth-order valence-electron chi connectivity index (χ4n) is 5.21. The summed E-state index contributed by atoms with van der Waals surface area (Å²) in [5.74, 6) is -1.68. The number of benzene rings is 3. The number of likely N-dealkylation sites (N-methyl/N-ethyl adjacent to an activating group) is 1. The predicted octanol–water partition coefficient (Wildman–Crippen LogP) is 3.83. The van der Waals surface area contributed by atoms with Gasteiger partial charge in [0.15, 0.2) is 9.84 Å². The molecule has 43 heavy (non-hydrogen) atoms. The summed E-state index contributed by atoms with van der Waals surface area (Å²) in [6, 6.07) is 14.7. The van der Waals surface area contributed by atoms with Crippen LogP contribution in [-0.4, -0.2) is 70.4 Å². The van der Waals surface area contributed by atoms with Gasteiger partial charge in [-0.2, -0.15) is 0 Å². The SMILES string of the molecule is CCNC(CC)C(=O)NC1CN(C(=O)CS(C)(=O)=O)c2ccccc2N(Cc2c(OC)ccc3c(Br)cccc23)C1=O.Cl. The Morgan fingerprint density at radius 2 is 1.74 bits per heavy atom. The number of sulfone groups is 1. The molecule has 10 nitrogen and oxygen atoms in total. The Balaban J connectivity index is 0.00000506. The first-order valence-corrected chi connectivity index (χ1v) is 16.5. The average molecular weight is 696 g/mol. The number of para-hydroxylation sites is 2. The van der Waals surface area contributed by atoms with Gasteiger partial charge >= 0.3 is 0 Å². The summed E-state index contributed by atoms with van der Waals surface area (Å²) in [7, 11) is -2.12. The van der Waals surface area contributed by atoms with Crippen LogP contribution >= 0.6 is 28.3 Å². The summed E-state index contributed by atoms with van der Waals surface area (Å²) in [6.45, 7) is 4.13. The van der Waals surface area contributed by atoms with Gasteiger partial charge in [0, 0.05) is 16.3 Å². The fourth-order valence-corrected chi connectivity index (χ4v) is 6.31. The van der Waals surface area contributed by atoms with Gasteiger partial charge in [0.1, 0.15) is 17.5 Å². The number of methoxy groups -OCH3 is 1. The highest BCUT2D eigenvalue weighted by Crippen LogP contribution is 2.38. The number of nitrogens with one attached hydrogen (secondary N) is 2. The number of amides is 3. The van der Waals surface area contributed by atoms with Crippen LogP contribution in [0.25, 0.3) is 10.8 Å². The molecule has 0 bridgehead atoms. The van der Waals surface area contributed by atoms with E-state index in [-0.39, 0.29) is 31.4 Å². The van der Waals surface area contributed by atoms with Crippen LogP contribution in [0.15, 0.2) is 59.1 Å². The number of carbonyl (C=O) groups excluding carboxylic acids is 3. The molecule has 3 aromatic carbocycles. The van der Waals surface area contributed by atoms with E-state index in [9.17, 15) is 22.8 Å². The molecule has 2 unspecified atom stereocenters. The maximum Gasteiger partial charge on any atom is 0.251 e. The summed E-state index contributed by atoms with van der Waals surface area (Å²) in [4.78, 5) is 43.8. The lowest BCUT2D eigenvalue weighted by Gasteiger charge is -2.28. The standard InChI is InChI=1S/C30H35BrN4O6S.ClH/c1-5-23(32-6-2)29(37)33-24-17-34(28(36)18-42(4,39)40)25-12-7-8-13-26(25)35(30(24)38)16-21-19-10-9-11-22(31)20(19)14-15-27(21)41-3;/h7-15,23-24,32H,5-6,16-18H2,1-4H3,(H,33,37);1H. The van der Waals surface area contributed by atoms with E-state index in [2.05, 4.69) is 26.6 Å². The Hall–Kier alpha value is -3.19. The fraction of sp³-hybridized carbons (Fsp3) is 0.367. The van der Waals surface area contributed by atoms with Crippen LogP contribution in [-0.2, 0) is 30.8 Å². The van der Waals surface area contributed by atoms with Crippen molar-refractivity contribution in [2.45, 2.75) is 38.9 Å². The average Bonchev–Trinajstić information content (AvgIpc) is 3.06. The minimum atomic E-state index is -3.67. The van der Waals surface area contributed by atoms with E-state index in [1.165, 1.54) is 9.80 Å². The lowest BCUT2D eigenvalue weighted by Crippen LogP contribution is -2.56. The van der Waals surface area contributed by atoms with Crippen LogP contribution in [0.1, 0.15) is 25.8 Å². The summed E-state index contributed by atoms with van der Waals surface area (Å²) >= 11 is 3.60. The van der Waals surface area contributed by atoms with Crippen LogP contribution in [0.2, 0.25) is 0 Å². The number of fused-ring (bicyclic) bond motifs is 2. The molecule has 1 heterocycles. The van der Waals surface area contributed by atoms with Crippen molar-refractivity contribution in [2.75, 3.05) is 42.0 Å². The van der Waals surface area contributed by atoms with E-state index in [0.29, 0.717) is 30.1 Å². The number of hydrogen-bond donors (Lipinski definition) is 2. The van der Waals surface area contributed by atoms with Crippen LogP contribution in [0.4, 0.5) is 11.4 Å². The summed E-state index contributed by atoms with van der Waals surface area (Å²) in [5.41, 5.74) is 1.52. The Labute approximate surface area is 266 Å². The zero-order chi connectivity index (χ0) is 30.6. The third-order valence-electron chi connectivity index (χ3n) is 7.18. The summed E-state index contributed by atoms with van der Waals surface area (Å²) in [5, 5.41) is 7.74. The minimum absolute atomic E-state index is 0. The van der Waals surface area contributed by atoms with Gasteiger partial charge in [-0.1, -0.05) is 54.0 Å². The molecule has 0 spiro atoms. The number of halogens is 2. The lowest BCUT2D eigenvalue weighted by molar-refractivity contribution is -0.129. The van der Waals surface area contributed by atoms with E-state index in [1.54, 1.807) is 31.4 Å².